The average molecular weight is 456 g/mol. The van der Waals surface area contributed by atoms with Crippen molar-refractivity contribution < 1.29 is 4.74 Å². The van der Waals surface area contributed by atoms with Gasteiger partial charge in [-0.25, -0.2) is 4.98 Å². The summed E-state index contributed by atoms with van der Waals surface area (Å²) in [5.74, 6) is 1.65. The highest BCUT2D eigenvalue weighted by molar-refractivity contribution is 6.00. The number of hydrogen-bond donors (Lipinski definition) is 0. The van der Waals surface area contributed by atoms with Crippen LogP contribution in [0.1, 0.15) is 5.69 Å². The summed E-state index contributed by atoms with van der Waals surface area (Å²) in [5.41, 5.74) is 5.79. The Morgan fingerprint density at radius 3 is 2.17 bits per heavy atom. The first-order chi connectivity index (χ1) is 17.2. The molecule has 0 unspecified atom stereocenters. The monoisotopic (exact) mass is 455 g/mol. The van der Waals surface area contributed by atoms with Gasteiger partial charge < -0.3 is 13.9 Å². The van der Waals surface area contributed by atoms with Crippen LogP contribution in [-0.2, 0) is 13.6 Å². The number of nitrogens with zero attached hydrogens (tertiary/aromatic N) is 3. The summed E-state index contributed by atoms with van der Waals surface area (Å²) in [7, 11) is 2.00. The van der Waals surface area contributed by atoms with Crippen molar-refractivity contribution in [2.24, 2.45) is 7.05 Å². The first kappa shape index (κ1) is 21.0. The van der Waals surface area contributed by atoms with Gasteiger partial charge in [0.2, 0.25) is 0 Å². The molecule has 6 aromatic rings. The molecule has 0 aliphatic carbocycles. The van der Waals surface area contributed by atoms with E-state index in [4.69, 9.17) is 4.74 Å². The Balaban J connectivity index is 1.42. The maximum absolute atomic E-state index is 6.01. The van der Waals surface area contributed by atoms with Gasteiger partial charge in [-0.1, -0.05) is 72.8 Å². The molecule has 4 aromatic carbocycles. The number of ether oxygens (including phenoxy) is 1. The number of hydrogen-bond acceptors (Lipinski definition) is 2. The highest BCUT2D eigenvalue weighted by atomic mass is 16.5. The third-order valence-electron chi connectivity index (χ3n) is 6.21. The van der Waals surface area contributed by atoms with Crippen LogP contribution in [0.15, 0.2) is 122 Å². The predicted octanol–water partition coefficient (Wildman–Crippen LogP) is 7.55. The molecule has 0 N–H and O–H groups in total. The van der Waals surface area contributed by atoms with Gasteiger partial charge in [-0.3, -0.25) is 0 Å². The number of rotatable bonds is 6. The molecule has 0 radical (unpaired) electrons. The van der Waals surface area contributed by atoms with E-state index in [1.54, 1.807) is 0 Å². The summed E-state index contributed by atoms with van der Waals surface area (Å²) in [6, 6.07) is 33.3. The lowest BCUT2D eigenvalue weighted by atomic mass is 9.95. The molecule has 0 aliphatic rings. The molecule has 35 heavy (non-hydrogen) atoms. The summed E-state index contributed by atoms with van der Waals surface area (Å²) >= 11 is 0. The number of benzene rings is 4. The topological polar surface area (TPSA) is 32.0 Å². The lowest BCUT2D eigenvalue weighted by Crippen LogP contribution is -1.96. The van der Waals surface area contributed by atoms with Crippen LogP contribution >= 0.6 is 0 Å². The largest absolute Gasteiger partial charge is 0.457 e. The van der Waals surface area contributed by atoms with Gasteiger partial charge in [-0.2, -0.15) is 0 Å². The normalized spacial score (nSPS) is 11.1. The predicted molar refractivity (Wildman–Crippen MR) is 142 cm³/mol. The molecule has 0 spiro atoms. The fraction of sp³-hybridized carbons (Fsp3) is 0.0645. The minimum Gasteiger partial charge on any atom is -0.457 e. The SMILES string of the molecule is Cn1cnc(Cn2cc(-c3ccc(Oc4ccccc4)cc3)c(-c3cccc4ccccc34)c2)c1. The van der Waals surface area contributed by atoms with Crippen LogP contribution in [0, 0.1) is 0 Å². The number of aryl methyl sites for hydroxylation is 1. The van der Waals surface area contributed by atoms with Gasteiger partial charge in [-0.05, 0) is 46.2 Å². The maximum atomic E-state index is 6.01. The van der Waals surface area contributed by atoms with E-state index in [1.807, 2.05) is 60.4 Å². The van der Waals surface area contributed by atoms with Crippen LogP contribution in [0.25, 0.3) is 33.0 Å². The van der Waals surface area contributed by atoms with Gasteiger partial charge in [-0.15, -0.1) is 0 Å². The average Bonchev–Trinajstić information content (AvgIpc) is 3.51. The van der Waals surface area contributed by atoms with Crippen molar-refractivity contribution in [1.82, 2.24) is 14.1 Å². The van der Waals surface area contributed by atoms with E-state index in [1.165, 1.54) is 27.5 Å². The fourth-order valence-electron chi connectivity index (χ4n) is 4.57. The van der Waals surface area contributed by atoms with Crippen LogP contribution in [-0.4, -0.2) is 14.1 Å². The molecule has 0 saturated heterocycles. The molecule has 0 fully saturated rings. The van der Waals surface area contributed by atoms with Gasteiger partial charge in [0, 0.05) is 36.8 Å². The van der Waals surface area contributed by atoms with Crippen molar-refractivity contribution in [2.75, 3.05) is 0 Å². The van der Waals surface area contributed by atoms with Crippen molar-refractivity contribution >= 4 is 10.8 Å². The highest BCUT2D eigenvalue weighted by Gasteiger charge is 2.14. The number of para-hydroxylation sites is 1. The van der Waals surface area contributed by atoms with Crippen LogP contribution < -0.4 is 4.74 Å². The summed E-state index contributed by atoms with van der Waals surface area (Å²) in [6.45, 7) is 0.716. The quantitative estimate of drug-likeness (QED) is 0.260. The van der Waals surface area contributed by atoms with Gasteiger partial charge in [0.05, 0.1) is 18.6 Å². The zero-order valence-corrected chi connectivity index (χ0v) is 19.5. The van der Waals surface area contributed by atoms with Crippen molar-refractivity contribution in [3.8, 4) is 33.8 Å². The Labute approximate surface area is 204 Å². The minimum atomic E-state index is 0.716. The first-order valence-electron chi connectivity index (χ1n) is 11.7. The minimum absolute atomic E-state index is 0.716. The van der Waals surface area contributed by atoms with E-state index in [9.17, 15) is 0 Å². The fourth-order valence-corrected chi connectivity index (χ4v) is 4.57. The zero-order valence-electron chi connectivity index (χ0n) is 19.5. The second kappa shape index (κ2) is 8.99. The van der Waals surface area contributed by atoms with Gasteiger partial charge >= 0.3 is 0 Å². The van der Waals surface area contributed by atoms with Crippen molar-refractivity contribution in [3.63, 3.8) is 0 Å². The number of imidazole rings is 1. The summed E-state index contributed by atoms with van der Waals surface area (Å²) in [5, 5.41) is 2.48. The molecule has 0 aliphatic heterocycles. The van der Waals surface area contributed by atoms with Gasteiger partial charge in [0.25, 0.3) is 0 Å². The van der Waals surface area contributed by atoms with E-state index >= 15 is 0 Å². The Hall–Kier alpha value is -4.57. The second-order valence-electron chi connectivity index (χ2n) is 8.75. The molecule has 4 nitrogen and oxygen atoms in total. The molecule has 2 aromatic heterocycles. The summed E-state index contributed by atoms with van der Waals surface area (Å²) < 4.78 is 10.2. The molecule has 6 rings (SSSR count). The lowest BCUT2D eigenvalue weighted by Gasteiger charge is -2.10. The van der Waals surface area contributed by atoms with E-state index in [0.29, 0.717) is 6.54 Å². The molecule has 0 bridgehead atoms. The highest BCUT2D eigenvalue weighted by Crippen LogP contribution is 2.38. The first-order valence-corrected chi connectivity index (χ1v) is 11.7. The summed E-state index contributed by atoms with van der Waals surface area (Å²) in [6.07, 6.45) is 8.36. The molecular weight excluding hydrogens is 430 g/mol. The Kier molecular flexibility index (Phi) is 5.39. The van der Waals surface area contributed by atoms with Gasteiger partial charge in [0.15, 0.2) is 0 Å². The molecular formula is C31H25N3O. The van der Waals surface area contributed by atoms with Crippen molar-refractivity contribution in [1.29, 1.82) is 0 Å². The lowest BCUT2D eigenvalue weighted by molar-refractivity contribution is 0.483. The van der Waals surface area contributed by atoms with E-state index in [2.05, 4.69) is 82.7 Å². The van der Waals surface area contributed by atoms with Crippen molar-refractivity contribution in [2.45, 2.75) is 6.54 Å². The van der Waals surface area contributed by atoms with E-state index in [-0.39, 0.29) is 0 Å². The van der Waals surface area contributed by atoms with Gasteiger partial charge in [0.1, 0.15) is 11.5 Å². The molecule has 170 valence electrons. The smallest absolute Gasteiger partial charge is 0.127 e. The third kappa shape index (κ3) is 4.34. The molecule has 0 saturated carbocycles. The second-order valence-corrected chi connectivity index (χ2v) is 8.75. The van der Waals surface area contributed by atoms with E-state index in [0.717, 1.165) is 22.8 Å². The third-order valence-corrected chi connectivity index (χ3v) is 6.21. The van der Waals surface area contributed by atoms with E-state index < -0.39 is 0 Å². The van der Waals surface area contributed by atoms with Crippen LogP contribution in [0.5, 0.6) is 11.5 Å². The Morgan fingerprint density at radius 2 is 1.37 bits per heavy atom. The molecule has 2 heterocycles. The zero-order chi connectivity index (χ0) is 23.6. The summed E-state index contributed by atoms with van der Waals surface area (Å²) in [4.78, 5) is 4.52. The molecule has 0 amide bonds. The standard InChI is InChI=1S/C31H25N3O/c1-33-18-25(32-22-33)19-34-20-30(24-14-16-27(17-15-24)35-26-10-3-2-4-11-26)31(21-34)29-13-7-9-23-8-5-6-12-28(23)29/h2-18,20-22H,19H2,1H3. The Bertz CT molecular complexity index is 1590. The van der Waals surface area contributed by atoms with Crippen LogP contribution in [0.3, 0.4) is 0 Å². The molecule has 0 atom stereocenters. The number of fused-ring (bicyclic) bond motifs is 1. The van der Waals surface area contributed by atoms with Crippen LogP contribution in [0.4, 0.5) is 0 Å². The maximum Gasteiger partial charge on any atom is 0.127 e. The Morgan fingerprint density at radius 1 is 0.657 bits per heavy atom. The molecule has 4 heteroatoms. The van der Waals surface area contributed by atoms with Crippen molar-refractivity contribution in [3.05, 3.63) is 128 Å². The van der Waals surface area contributed by atoms with Crippen LogP contribution in [0.2, 0.25) is 0 Å². The number of aromatic nitrogens is 3.